The van der Waals surface area contributed by atoms with Gasteiger partial charge in [-0.1, -0.05) is 43.7 Å². The highest BCUT2D eigenvalue weighted by Gasteiger charge is 2.25. The lowest BCUT2D eigenvalue weighted by molar-refractivity contribution is -0.130. The lowest BCUT2D eigenvalue weighted by atomic mass is 10.0. The molecular weight excluding hydrogens is 491 g/mol. The van der Waals surface area contributed by atoms with Crippen LogP contribution in [0, 0.1) is 5.82 Å². The van der Waals surface area contributed by atoms with Crippen molar-refractivity contribution in [2.75, 3.05) is 26.3 Å². The van der Waals surface area contributed by atoms with Gasteiger partial charge in [0.15, 0.2) is 0 Å². The van der Waals surface area contributed by atoms with Gasteiger partial charge in [-0.2, -0.15) is 0 Å². The van der Waals surface area contributed by atoms with Crippen LogP contribution in [0.2, 0.25) is 0 Å². The Morgan fingerprint density at radius 2 is 1.82 bits per heavy atom. The molecule has 3 rings (SSSR count). The molecule has 1 aliphatic rings. The highest BCUT2D eigenvalue weighted by atomic mass is 19.1. The largest absolute Gasteiger partial charge is 0.492 e. The van der Waals surface area contributed by atoms with E-state index in [0.717, 1.165) is 5.56 Å². The van der Waals surface area contributed by atoms with Gasteiger partial charge in [0.25, 0.3) is 0 Å². The van der Waals surface area contributed by atoms with Gasteiger partial charge in [-0.25, -0.2) is 4.39 Å². The molecule has 3 amide bonds. The van der Waals surface area contributed by atoms with Crippen molar-refractivity contribution in [3.63, 3.8) is 0 Å². The molecule has 3 atom stereocenters. The number of hydrogen-bond acceptors (Lipinski definition) is 6. The molecule has 206 valence electrons. The predicted octanol–water partition coefficient (Wildman–Crippen LogP) is 1.23. The van der Waals surface area contributed by atoms with Gasteiger partial charge >= 0.3 is 0 Å². The van der Waals surface area contributed by atoms with E-state index in [-0.39, 0.29) is 32.1 Å². The summed E-state index contributed by atoms with van der Waals surface area (Å²) in [7, 11) is 0. The molecule has 0 saturated heterocycles. The molecule has 2 aromatic rings. The summed E-state index contributed by atoms with van der Waals surface area (Å²) in [6, 6.07) is 11.2. The summed E-state index contributed by atoms with van der Waals surface area (Å²) < 4.78 is 19.8. The zero-order valence-electron chi connectivity index (χ0n) is 21.7. The molecule has 0 radical (unpaired) electrons. The van der Waals surface area contributed by atoms with Crippen LogP contribution in [0.5, 0.6) is 5.75 Å². The molecule has 0 bridgehead atoms. The van der Waals surface area contributed by atoms with Gasteiger partial charge in [0.2, 0.25) is 17.7 Å². The van der Waals surface area contributed by atoms with E-state index in [1.165, 1.54) is 12.1 Å². The van der Waals surface area contributed by atoms with Crippen LogP contribution in [-0.2, 0) is 27.2 Å². The van der Waals surface area contributed by atoms with Crippen molar-refractivity contribution in [1.29, 1.82) is 0 Å². The number of halogens is 1. The van der Waals surface area contributed by atoms with Crippen molar-refractivity contribution >= 4 is 17.7 Å². The Bertz CT molecular complexity index is 1080. The second-order valence-corrected chi connectivity index (χ2v) is 9.37. The van der Waals surface area contributed by atoms with Crippen LogP contribution >= 0.6 is 0 Å². The van der Waals surface area contributed by atoms with E-state index in [9.17, 15) is 23.9 Å². The maximum Gasteiger partial charge on any atom is 0.242 e. The lowest BCUT2D eigenvalue weighted by Gasteiger charge is -2.25. The molecule has 1 aliphatic heterocycles. The van der Waals surface area contributed by atoms with E-state index < -0.39 is 35.8 Å². The van der Waals surface area contributed by atoms with Crippen molar-refractivity contribution in [2.24, 2.45) is 0 Å². The molecule has 0 unspecified atom stereocenters. The van der Waals surface area contributed by atoms with Crippen molar-refractivity contribution in [3.05, 3.63) is 65.5 Å². The summed E-state index contributed by atoms with van der Waals surface area (Å²) in [6.07, 6.45) is 2.61. The standard InChI is InChI=1S/C28H37FN4O5/c1-2-7-23-27(36)30-13-6-10-20-9-3-4-12-25(20)38-18-22(17-34)32-24(28(37)31-16-26(35)33-23)15-19-8-5-11-21(29)14-19/h3-5,8-9,11-12,14,22-24,32,34H,2,6-7,10,13,15-18H2,1H3,(H,30,36)(H,31,37)(H,33,35)/t22-,23-,24+/m0/s1. The number of amides is 3. The van der Waals surface area contributed by atoms with Gasteiger partial charge in [0.1, 0.15) is 24.2 Å². The summed E-state index contributed by atoms with van der Waals surface area (Å²) >= 11 is 0. The molecule has 0 saturated carbocycles. The molecule has 0 fully saturated rings. The van der Waals surface area contributed by atoms with Crippen LogP contribution < -0.4 is 26.0 Å². The number of rotatable bonds is 5. The third kappa shape index (κ3) is 9.11. The fourth-order valence-electron chi connectivity index (χ4n) is 4.31. The molecular formula is C28H37FN4O5. The Kier molecular flexibility index (Phi) is 11.5. The van der Waals surface area contributed by atoms with Crippen LogP contribution in [0.3, 0.4) is 0 Å². The molecule has 10 heteroatoms. The van der Waals surface area contributed by atoms with Gasteiger partial charge in [-0.05, 0) is 55.0 Å². The monoisotopic (exact) mass is 528 g/mol. The number of ether oxygens (including phenoxy) is 1. The minimum absolute atomic E-state index is 0.0797. The van der Waals surface area contributed by atoms with Gasteiger partial charge in [-0.15, -0.1) is 0 Å². The number of fused-ring (bicyclic) bond motifs is 1. The number of carbonyl (C=O) groups is 3. The molecule has 0 spiro atoms. The van der Waals surface area contributed by atoms with Gasteiger partial charge in [-0.3, -0.25) is 19.7 Å². The summed E-state index contributed by atoms with van der Waals surface area (Å²) in [5.74, 6) is -1.04. The summed E-state index contributed by atoms with van der Waals surface area (Å²) in [4.78, 5) is 38.4. The third-order valence-electron chi connectivity index (χ3n) is 6.29. The summed E-state index contributed by atoms with van der Waals surface area (Å²) in [5.41, 5.74) is 1.53. The van der Waals surface area contributed by atoms with Crippen LogP contribution in [0.15, 0.2) is 48.5 Å². The smallest absolute Gasteiger partial charge is 0.242 e. The third-order valence-corrected chi connectivity index (χ3v) is 6.29. The fourth-order valence-corrected chi connectivity index (χ4v) is 4.31. The molecule has 0 aromatic heterocycles. The second kappa shape index (κ2) is 15.0. The molecule has 1 heterocycles. The first-order chi connectivity index (χ1) is 18.4. The minimum Gasteiger partial charge on any atom is -0.492 e. The zero-order chi connectivity index (χ0) is 27.3. The average molecular weight is 529 g/mol. The highest BCUT2D eigenvalue weighted by molar-refractivity contribution is 5.91. The zero-order valence-corrected chi connectivity index (χ0v) is 21.7. The number of para-hydroxylation sites is 1. The maximum absolute atomic E-state index is 13.8. The van der Waals surface area contributed by atoms with Crippen molar-refractivity contribution in [1.82, 2.24) is 21.3 Å². The Balaban J connectivity index is 1.83. The number of benzene rings is 2. The van der Waals surface area contributed by atoms with E-state index in [1.54, 1.807) is 12.1 Å². The first kappa shape index (κ1) is 29.1. The number of aliphatic hydroxyl groups excluding tert-OH is 1. The SMILES string of the molecule is CCC[C@@H]1NC(=O)CNC(=O)[C@@H](Cc2cccc(F)c2)N[C@@H](CO)COc2ccccc2CCCNC1=O. The first-order valence-electron chi connectivity index (χ1n) is 13.1. The predicted molar refractivity (Wildman–Crippen MR) is 141 cm³/mol. The number of aliphatic hydroxyl groups is 1. The van der Waals surface area contributed by atoms with Crippen LogP contribution in [0.25, 0.3) is 0 Å². The average Bonchev–Trinajstić information content (AvgIpc) is 2.91. The quantitative estimate of drug-likeness (QED) is 0.397. The van der Waals surface area contributed by atoms with Crippen molar-refractivity contribution in [3.8, 4) is 5.75 Å². The van der Waals surface area contributed by atoms with Crippen LogP contribution in [0.1, 0.15) is 37.3 Å². The van der Waals surface area contributed by atoms with E-state index in [2.05, 4.69) is 21.3 Å². The van der Waals surface area contributed by atoms with Crippen LogP contribution in [-0.4, -0.2) is 67.3 Å². The van der Waals surface area contributed by atoms with Gasteiger partial charge in [0, 0.05) is 6.54 Å². The first-order valence-corrected chi connectivity index (χ1v) is 13.1. The molecule has 2 aromatic carbocycles. The maximum atomic E-state index is 13.8. The van der Waals surface area contributed by atoms with E-state index in [0.29, 0.717) is 43.5 Å². The number of nitrogens with one attached hydrogen (secondary N) is 4. The van der Waals surface area contributed by atoms with Crippen molar-refractivity contribution < 1.29 is 28.6 Å². The number of aryl methyl sites for hydroxylation is 1. The Morgan fingerprint density at radius 1 is 1.03 bits per heavy atom. The fraction of sp³-hybridized carbons (Fsp3) is 0.464. The van der Waals surface area contributed by atoms with E-state index in [1.807, 2.05) is 31.2 Å². The number of carbonyl (C=O) groups excluding carboxylic acids is 3. The Labute approximate surface area is 222 Å². The van der Waals surface area contributed by atoms with Gasteiger partial charge in [0.05, 0.1) is 25.2 Å². The Hall–Kier alpha value is -3.50. The topological polar surface area (TPSA) is 129 Å². The van der Waals surface area contributed by atoms with E-state index >= 15 is 0 Å². The molecule has 38 heavy (non-hydrogen) atoms. The lowest BCUT2D eigenvalue weighted by Crippen LogP contribution is -2.54. The summed E-state index contributed by atoms with van der Waals surface area (Å²) in [5, 5.41) is 21.3. The summed E-state index contributed by atoms with van der Waals surface area (Å²) in [6.45, 7) is 1.80. The number of hydrogen-bond donors (Lipinski definition) is 5. The van der Waals surface area contributed by atoms with Crippen LogP contribution in [0.4, 0.5) is 4.39 Å². The van der Waals surface area contributed by atoms with E-state index in [4.69, 9.17) is 4.74 Å². The molecule has 9 nitrogen and oxygen atoms in total. The molecule has 5 N–H and O–H groups in total. The minimum atomic E-state index is -0.880. The van der Waals surface area contributed by atoms with Crippen molar-refractivity contribution in [2.45, 2.75) is 57.2 Å². The second-order valence-electron chi connectivity index (χ2n) is 9.37. The highest BCUT2D eigenvalue weighted by Crippen LogP contribution is 2.20. The molecule has 0 aliphatic carbocycles. The normalized spacial score (nSPS) is 22.1. The Morgan fingerprint density at radius 3 is 2.58 bits per heavy atom. The van der Waals surface area contributed by atoms with Gasteiger partial charge < -0.3 is 25.8 Å².